The van der Waals surface area contributed by atoms with E-state index in [0.29, 0.717) is 31.2 Å². The lowest BCUT2D eigenvalue weighted by Gasteiger charge is -2.14. The van der Waals surface area contributed by atoms with E-state index in [0.717, 1.165) is 29.9 Å². The molecule has 9 heteroatoms. The Morgan fingerprint density at radius 3 is 2.56 bits per heavy atom. The van der Waals surface area contributed by atoms with Gasteiger partial charge in [-0.2, -0.15) is 0 Å². The van der Waals surface area contributed by atoms with E-state index in [1.165, 1.54) is 6.33 Å². The van der Waals surface area contributed by atoms with Crippen LogP contribution in [-0.4, -0.2) is 39.9 Å². The predicted octanol–water partition coefficient (Wildman–Crippen LogP) is 3.90. The van der Waals surface area contributed by atoms with Crippen molar-refractivity contribution in [2.45, 2.75) is 31.9 Å². The number of carbonyl (C=O) groups excluding carboxylic acids is 1. The normalized spacial score (nSPS) is 11.4. The van der Waals surface area contributed by atoms with Gasteiger partial charge in [0.15, 0.2) is 0 Å². The molecule has 0 aliphatic carbocycles. The highest BCUT2D eigenvalue weighted by Gasteiger charge is 2.10. The number of rotatable bonds is 12. The molecule has 3 rings (SSSR count). The van der Waals surface area contributed by atoms with Gasteiger partial charge in [-0.1, -0.05) is 29.8 Å². The average molecular weight is 480 g/mol. The SMILES string of the molecule is Cl.NC(=O)c1cn(C[C@@H](O)CCCc2ccccc2OCCOc2ccc(Cl)cc2)cn1. The molecule has 0 bridgehead atoms. The molecule has 2 aromatic carbocycles. The molecule has 0 radical (unpaired) electrons. The molecular formula is C23H27Cl2N3O4. The van der Waals surface area contributed by atoms with Gasteiger partial charge < -0.3 is 24.9 Å². The first-order valence-electron chi connectivity index (χ1n) is 10.1. The van der Waals surface area contributed by atoms with E-state index in [2.05, 4.69) is 4.98 Å². The zero-order valence-electron chi connectivity index (χ0n) is 17.5. The fourth-order valence-electron chi connectivity index (χ4n) is 3.14. The van der Waals surface area contributed by atoms with Gasteiger partial charge in [-0.05, 0) is 55.2 Å². The summed E-state index contributed by atoms with van der Waals surface area (Å²) < 4.78 is 13.2. The second-order valence-corrected chi connectivity index (χ2v) is 7.56. The van der Waals surface area contributed by atoms with Crippen LogP contribution in [0.1, 0.15) is 28.9 Å². The van der Waals surface area contributed by atoms with Crippen LogP contribution in [0.25, 0.3) is 0 Å². The molecule has 0 spiro atoms. The van der Waals surface area contributed by atoms with Crippen LogP contribution in [0.4, 0.5) is 0 Å². The minimum Gasteiger partial charge on any atom is -0.490 e. The summed E-state index contributed by atoms with van der Waals surface area (Å²) in [6.07, 6.45) is 4.68. The van der Waals surface area contributed by atoms with Gasteiger partial charge in [0.1, 0.15) is 30.4 Å². The summed E-state index contributed by atoms with van der Waals surface area (Å²) in [5, 5.41) is 10.9. The Labute approximate surface area is 198 Å². The van der Waals surface area contributed by atoms with E-state index >= 15 is 0 Å². The number of aliphatic hydroxyl groups is 1. The van der Waals surface area contributed by atoms with Crippen LogP contribution >= 0.6 is 24.0 Å². The van der Waals surface area contributed by atoms with Crippen LogP contribution in [0, 0.1) is 0 Å². The van der Waals surface area contributed by atoms with Gasteiger partial charge in [0.05, 0.1) is 12.4 Å². The van der Waals surface area contributed by atoms with Gasteiger partial charge in [0, 0.05) is 17.8 Å². The molecule has 0 unspecified atom stereocenters. The molecule has 0 saturated heterocycles. The van der Waals surface area contributed by atoms with Crippen molar-refractivity contribution in [2.24, 2.45) is 5.73 Å². The van der Waals surface area contributed by atoms with Gasteiger partial charge in [-0.3, -0.25) is 4.79 Å². The smallest absolute Gasteiger partial charge is 0.268 e. The number of carbonyl (C=O) groups is 1. The number of nitrogens with two attached hydrogens (primary N) is 1. The average Bonchev–Trinajstić information content (AvgIpc) is 3.22. The summed E-state index contributed by atoms with van der Waals surface area (Å²) in [4.78, 5) is 15.0. The lowest BCUT2D eigenvalue weighted by Crippen LogP contribution is -2.16. The van der Waals surface area contributed by atoms with Crippen LogP contribution in [0.3, 0.4) is 0 Å². The maximum Gasteiger partial charge on any atom is 0.268 e. The van der Waals surface area contributed by atoms with Crippen LogP contribution in [0.15, 0.2) is 61.1 Å². The molecule has 1 amide bonds. The molecule has 3 N–H and O–H groups in total. The summed E-state index contributed by atoms with van der Waals surface area (Å²) in [5.74, 6) is 0.983. The largest absolute Gasteiger partial charge is 0.490 e. The number of aliphatic hydroxyl groups excluding tert-OH is 1. The lowest BCUT2D eigenvalue weighted by molar-refractivity contribution is 0.0995. The van der Waals surface area contributed by atoms with Crippen molar-refractivity contribution in [1.82, 2.24) is 9.55 Å². The topological polar surface area (TPSA) is 99.6 Å². The molecule has 1 atom stereocenters. The number of ether oxygens (including phenoxy) is 2. The quantitative estimate of drug-likeness (QED) is 0.383. The van der Waals surface area contributed by atoms with E-state index in [9.17, 15) is 9.90 Å². The Bertz CT molecular complexity index is 979. The highest BCUT2D eigenvalue weighted by Crippen LogP contribution is 2.21. The molecule has 3 aromatic rings. The van der Waals surface area contributed by atoms with Crippen molar-refractivity contribution in [3.05, 3.63) is 77.3 Å². The minimum absolute atomic E-state index is 0. The lowest BCUT2D eigenvalue weighted by atomic mass is 10.0. The van der Waals surface area contributed by atoms with E-state index in [-0.39, 0.29) is 18.1 Å². The molecule has 32 heavy (non-hydrogen) atoms. The highest BCUT2D eigenvalue weighted by atomic mass is 35.5. The molecular weight excluding hydrogens is 453 g/mol. The maximum atomic E-state index is 11.1. The molecule has 172 valence electrons. The maximum absolute atomic E-state index is 11.1. The Hall–Kier alpha value is -2.74. The molecule has 0 aliphatic rings. The third-order valence-electron chi connectivity index (χ3n) is 4.69. The van der Waals surface area contributed by atoms with Crippen LogP contribution < -0.4 is 15.2 Å². The van der Waals surface area contributed by atoms with E-state index in [4.69, 9.17) is 26.8 Å². The van der Waals surface area contributed by atoms with E-state index < -0.39 is 12.0 Å². The highest BCUT2D eigenvalue weighted by molar-refractivity contribution is 6.30. The number of nitrogens with zero attached hydrogens (tertiary/aromatic N) is 2. The van der Waals surface area contributed by atoms with Crippen LogP contribution in [0.2, 0.25) is 5.02 Å². The van der Waals surface area contributed by atoms with Crippen molar-refractivity contribution in [1.29, 1.82) is 0 Å². The van der Waals surface area contributed by atoms with Crippen molar-refractivity contribution in [3.63, 3.8) is 0 Å². The number of benzene rings is 2. The summed E-state index contributed by atoms with van der Waals surface area (Å²) in [5.41, 5.74) is 6.47. The van der Waals surface area contributed by atoms with E-state index in [1.54, 1.807) is 22.9 Å². The van der Waals surface area contributed by atoms with Crippen molar-refractivity contribution in [2.75, 3.05) is 13.2 Å². The number of hydrogen-bond donors (Lipinski definition) is 2. The Kier molecular flexibility index (Phi) is 10.3. The Morgan fingerprint density at radius 1 is 1.12 bits per heavy atom. The molecule has 1 heterocycles. The van der Waals surface area contributed by atoms with Crippen LogP contribution in [-0.2, 0) is 13.0 Å². The van der Waals surface area contributed by atoms with E-state index in [1.807, 2.05) is 36.4 Å². The number of amides is 1. The monoisotopic (exact) mass is 479 g/mol. The first kappa shape index (κ1) is 25.5. The fraction of sp³-hybridized carbons (Fsp3) is 0.304. The number of imidazole rings is 1. The van der Waals surface area contributed by atoms with Gasteiger partial charge >= 0.3 is 0 Å². The number of halogens is 2. The molecule has 0 aliphatic heterocycles. The van der Waals surface area contributed by atoms with Gasteiger partial charge in [0.25, 0.3) is 5.91 Å². The Balaban J connectivity index is 0.00000363. The summed E-state index contributed by atoms with van der Waals surface area (Å²) in [6.45, 7) is 1.21. The molecule has 7 nitrogen and oxygen atoms in total. The van der Waals surface area contributed by atoms with Gasteiger partial charge in [0.2, 0.25) is 0 Å². The first-order chi connectivity index (χ1) is 15.0. The third kappa shape index (κ3) is 8.07. The van der Waals surface area contributed by atoms with Crippen molar-refractivity contribution < 1.29 is 19.4 Å². The summed E-state index contributed by atoms with van der Waals surface area (Å²) in [7, 11) is 0. The predicted molar refractivity (Wildman–Crippen MR) is 126 cm³/mol. The number of hydrogen-bond acceptors (Lipinski definition) is 5. The zero-order valence-corrected chi connectivity index (χ0v) is 19.1. The van der Waals surface area contributed by atoms with Gasteiger partial charge in [-0.25, -0.2) is 4.98 Å². The number of aryl methyl sites for hydroxylation is 1. The van der Waals surface area contributed by atoms with Crippen molar-refractivity contribution >= 4 is 29.9 Å². The fourth-order valence-corrected chi connectivity index (χ4v) is 3.27. The van der Waals surface area contributed by atoms with Crippen LogP contribution in [0.5, 0.6) is 11.5 Å². The van der Waals surface area contributed by atoms with Gasteiger partial charge in [-0.15, -0.1) is 12.4 Å². The first-order valence-corrected chi connectivity index (χ1v) is 10.5. The zero-order chi connectivity index (χ0) is 22.1. The Morgan fingerprint density at radius 2 is 1.84 bits per heavy atom. The third-order valence-corrected chi connectivity index (χ3v) is 4.94. The molecule has 0 fully saturated rings. The number of aromatic nitrogens is 2. The number of para-hydroxylation sites is 1. The summed E-state index contributed by atoms with van der Waals surface area (Å²) >= 11 is 5.87. The second kappa shape index (κ2) is 13.0. The molecule has 1 aromatic heterocycles. The summed E-state index contributed by atoms with van der Waals surface area (Å²) in [6, 6.07) is 15.1. The number of primary amides is 1. The standard InChI is InChI=1S/C23H26ClN3O4.ClH/c24-18-8-10-20(11-9-18)30-12-13-31-22-7-2-1-4-17(22)5-3-6-19(28)14-27-15-21(23(25)29)26-16-27;/h1-2,4,7-11,15-16,19,28H,3,5-6,12-14H2,(H2,25,29);1H/t19-;/m0./s1. The second-order valence-electron chi connectivity index (χ2n) is 7.12. The minimum atomic E-state index is -0.580. The van der Waals surface area contributed by atoms with Crippen molar-refractivity contribution in [3.8, 4) is 11.5 Å². The molecule has 0 saturated carbocycles.